The van der Waals surface area contributed by atoms with E-state index in [-0.39, 0.29) is 0 Å². The molecule has 2 rings (SSSR count). The third-order valence-electron chi connectivity index (χ3n) is 4.41. The molecule has 1 aromatic rings. The molecule has 1 aliphatic carbocycles. The monoisotopic (exact) mass is 295 g/mol. The molecule has 0 heterocycles. The van der Waals surface area contributed by atoms with Gasteiger partial charge in [-0.15, -0.1) is 0 Å². The lowest BCUT2D eigenvalue weighted by molar-refractivity contribution is -0.387. The molecule has 2 N–H and O–H groups in total. The molecule has 0 aliphatic heterocycles. The summed E-state index contributed by atoms with van der Waals surface area (Å²) in [4.78, 5) is 12.2. The van der Waals surface area contributed by atoms with Gasteiger partial charge in [-0.25, -0.2) is 0 Å². The second kappa shape index (κ2) is 6.95. The van der Waals surface area contributed by atoms with Crippen molar-refractivity contribution in [2.75, 3.05) is 13.6 Å². The molecule has 1 fully saturated rings. The fourth-order valence-electron chi connectivity index (χ4n) is 3.26. The van der Waals surface area contributed by atoms with Crippen LogP contribution in [0.5, 0.6) is 0 Å². The number of rotatable bonds is 5. The first kappa shape index (κ1) is 15.9. The van der Waals surface area contributed by atoms with Crippen LogP contribution in [0.1, 0.15) is 31.2 Å². The summed E-state index contributed by atoms with van der Waals surface area (Å²) in [6, 6.07) is 4.66. The Labute approximate surface area is 124 Å². The second-order valence-corrected chi connectivity index (χ2v) is 5.77. The Kier molecular flexibility index (Phi) is 5.25. The van der Waals surface area contributed by atoms with Crippen molar-refractivity contribution < 1.29 is 9.31 Å². The summed E-state index contributed by atoms with van der Waals surface area (Å²) in [5.74, 6) is -0.306. The van der Waals surface area contributed by atoms with Gasteiger partial charge in [0.1, 0.15) is 0 Å². The molecule has 0 radical (unpaired) electrons. The number of nitro benzene ring substituents is 1. The van der Waals surface area contributed by atoms with Crippen molar-refractivity contribution in [1.82, 2.24) is 4.90 Å². The van der Waals surface area contributed by atoms with E-state index in [2.05, 4.69) is 4.90 Å². The Balaban J connectivity index is 2.13. The topological polar surface area (TPSA) is 72.4 Å². The van der Waals surface area contributed by atoms with Gasteiger partial charge in [-0.05, 0) is 32.4 Å². The van der Waals surface area contributed by atoms with E-state index in [1.165, 1.54) is 18.6 Å². The highest BCUT2D eigenvalue weighted by molar-refractivity contribution is 5.36. The van der Waals surface area contributed by atoms with Crippen molar-refractivity contribution in [3.63, 3.8) is 0 Å². The van der Waals surface area contributed by atoms with Gasteiger partial charge in [-0.1, -0.05) is 25.0 Å². The van der Waals surface area contributed by atoms with Gasteiger partial charge >= 0.3 is 5.69 Å². The van der Waals surface area contributed by atoms with Crippen LogP contribution in [0.2, 0.25) is 0 Å². The van der Waals surface area contributed by atoms with Gasteiger partial charge in [0.2, 0.25) is 5.82 Å². The third kappa shape index (κ3) is 3.57. The van der Waals surface area contributed by atoms with E-state index in [4.69, 9.17) is 5.73 Å². The Morgan fingerprint density at radius 1 is 1.43 bits per heavy atom. The first-order chi connectivity index (χ1) is 10.0. The summed E-state index contributed by atoms with van der Waals surface area (Å²) in [5, 5.41) is 10.8. The predicted molar refractivity (Wildman–Crippen MR) is 79.3 cm³/mol. The van der Waals surface area contributed by atoms with E-state index in [9.17, 15) is 14.5 Å². The fourth-order valence-corrected chi connectivity index (χ4v) is 3.26. The van der Waals surface area contributed by atoms with E-state index in [1.807, 2.05) is 7.05 Å². The number of halogens is 1. The molecular formula is C15H22FN3O2. The molecule has 0 spiro atoms. The molecule has 2 unspecified atom stereocenters. The summed E-state index contributed by atoms with van der Waals surface area (Å²) in [6.07, 6.45) is 4.50. The van der Waals surface area contributed by atoms with Gasteiger partial charge in [0.25, 0.3) is 0 Å². The summed E-state index contributed by atoms with van der Waals surface area (Å²) < 4.78 is 14.1. The molecule has 0 saturated heterocycles. The highest BCUT2D eigenvalue weighted by Gasteiger charge is 2.28. The maximum Gasteiger partial charge on any atom is 0.305 e. The Morgan fingerprint density at radius 2 is 2.14 bits per heavy atom. The van der Waals surface area contributed by atoms with E-state index in [0.717, 1.165) is 19.3 Å². The molecule has 0 bridgehead atoms. The molecule has 116 valence electrons. The largest absolute Gasteiger partial charge is 0.330 e. The molecule has 0 amide bonds. The number of hydrogen-bond acceptors (Lipinski definition) is 4. The minimum Gasteiger partial charge on any atom is -0.330 e. The van der Waals surface area contributed by atoms with Gasteiger partial charge in [0.05, 0.1) is 4.92 Å². The lowest BCUT2D eigenvalue weighted by Gasteiger charge is -2.37. The van der Waals surface area contributed by atoms with Gasteiger partial charge in [-0.2, -0.15) is 4.39 Å². The molecule has 1 aliphatic rings. The highest BCUT2D eigenvalue weighted by atomic mass is 19.1. The first-order valence-electron chi connectivity index (χ1n) is 7.36. The number of nitro groups is 1. The summed E-state index contributed by atoms with van der Waals surface area (Å²) >= 11 is 0. The van der Waals surface area contributed by atoms with Crippen LogP contribution in [0.25, 0.3) is 0 Å². The lowest BCUT2D eigenvalue weighted by Crippen LogP contribution is -2.42. The van der Waals surface area contributed by atoms with Gasteiger partial charge in [-0.3, -0.25) is 15.0 Å². The minimum atomic E-state index is -0.727. The van der Waals surface area contributed by atoms with Crippen molar-refractivity contribution in [3.05, 3.63) is 39.7 Å². The maximum atomic E-state index is 14.1. The molecule has 0 aromatic heterocycles. The summed E-state index contributed by atoms with van der Waals surface area (Å²) in [7, 11) is 1.94. The smallest absolute Gasteiger partial charge is 0.305 e. The zero-order chi connectivity index (χ0) is 15.4. The van der Waals surface area contributed by atoms with E-state index >= 15 is 0 Å². The predicted octanol–water partition coefficient (Wildman–Crippen LogP) is 2.68. The minimum absolute atomic E-state index is 0.322. The second-order valence-electron chi connectivity index (χ2n) is 5.77. The van der Waals surface area contributed by atoms with Crippen LogP contribution in [0.4, 0.5) is 10.1 Å². The molecule has 1 saturated carbocycles. The zero-order valence-electron chi connectivity index (χ0n) is 12.3. The van der Waals surface area contributed by atoms with Crippen molar-refractivity contribution in [2.24, 2.45) is 11.7 Å². The Bertz CT molecular complexity index is 510. The normalized spacial score (nSPS) is 22.5. The van der Waals surface area contributed by atoms with Crippen molar-refractivity contribution in [3.8, 4) is 0 Å². The lowest BCUT2D eigenvalue weighted by atomic mass is 9.83. The van der Waals surface area contributed by atoms with Crippen LogP contribution in [0.15, 0.2) is 18.2 Å². The van der Waals surface area contributed by atoms with Crippen LogP contribution < -0.4 is 5.73 Å². The molecule has 5 nitrogen and oxygen atoms in total. The first-order valence-corrected chi connectivity index (χ1v) is 7.36. The Hall–Kier alpha value is -1.53. The highest BCUT2D eigenvalue weighted by Crippen LogP contribution is 2.29. The molecule has 1 aromatic carbocycles. The van der Waals surface area contributed by atoms with Gasteiger partial charge < -0.3 is 5.73 Å². The molecule has 21 heavy (non-hydrogen) atoms. The Morgan fingerprint density at radius 3 is 2.81 bits per heavy atom. The van der Waals surface area contributed by atoms with Crippen LogP contribution >= 0.6 is 0 Å². The summed E-state index contributed by atoms with van der Waals surface area (Å²) in [5.41, 5.74) is 5.74. The summed E-state index contributed by atoms with van der Waals surface area (Å²) in [6.45, 7) is 1.00. The van der Waals surface area contributed by atoms with Crippen LogP contribution in [0, 0.1) is 21.8 Å². The maximum absolute atomic E-state index is 14.1. The number of benzene rings is 1. The fraction of sp³-hybridized carbons (Fsp3) is 0.600. The standard InChI is InChI=1S/C15H22FN3O2/c1-18(13-7-3-2-5-11(13)9-17)10-12-6-4-8-14(15(12)16)19(20)21/h4,6,8,11,13H,2-3,5,7,9-10,17H2,1H3. The van der Waals surface area contributed by atoms with Crippen LogP contribution in [0.3, 0.4) is 0 Å². The van der Waals surface area contributed by atoms with Crippen LogP contribution in [-0.2, 0) is 6.54 Å². The van der Waals surface area contributed by atoms with E-state index < -0.39 is 16.4 Å². The van der Waals surface area contributed by atoms with Crippen molar-refractivity contribution >= 4 is 5.69 Å². The third-order valence-corrected chi connectivity index (χ3v) is 4.41. The molecule has 6 heteroatoms. The van der Waals surface area contributed by atoms with Crippen LogP contribution in [-0.4, -0.2) is 29.5 Å². The SMILES string of the molecule is CN(Cc1cccc([N+](=O)[O-])c1F)C1CCCCC1CN. The van der Waals surface area contributed by atoms with E-state index in [0.29, 0.717) is 30.6 Å². The zero-order valence-corrected chi connectivity index (χ0v) is 12.3. The average molecular weight is 295 g/mol. The molecule has 2 atom stereocenters. The quantitative estimate of drug-likeness (QED) is 0.669. The average Bonchev–Trinajstić information content (AvgIpc) is 2.48. The van der Waals surface area contributed by atoms with Crippen molar-refractivity contribution in [2.45, 2.75) is 38.3 Å². The van der Waals surface area contributed by atoms with Gasteiger partial charge in [0.15, 0.2) is 0 Å². The van der Waals surface area contributed by atoms with Crippen molar-refractivity contribution in [1.29, 1.82) is 0 Å². The number of nitrogens with two attached hydrogens (primary N) is 1. The van der Waals surface area contributed by atoms with E-state index in [1.54, 1.807) is 6.07 Å². The molecular weight excluding hydrogens is 273 g/mol. The number of hydrogen-bond donors (Lipinski definition) is 1. The van der Waals surface area contributed by atoms with Gasteiger partial charge in [0, 0.05) is 24.2 Å². The number of nitrogens with zero attached hydrogens (tertiary/aromatic N) is 2.